The summed E-state index contributed by atoms with van der Waals surface area (Å²) in [5.74, 6) is 2.55. The van der Waals surface area contributed by atoms with E-state index in [0.717, 1.165) is 43.0 Å². The average Bonchev–Trinajstić information content (AvgIpc) is 3.05. The van der Waals surface area contributed by atoms with Gasteiger partial charge in [-0.05, 0) is 32.2 Å². The van der Waals surface area contributed by atoms with E-state index in [9.17, 15) is 0 Å². The smallest absolute Gasteiger partial charge is 0.245 e. The molecule has 1 saturated heterocycles. The molecule has 3 aromatic rings. The van der Waals surface area contributed by atoms with Gasteiger partial charge in [0, 0.05) is 36.6 Å². The van der Waals surface area contributed by atoms with E-state index >= 15 is 0 Å². The van der Waals surface area contributed by atoms with Crippen molar-refractivity contribution in [1.82, 2.24) is 25.0 Å². The number of aromatic nitrogens is 4. The third kappa shape index (κ3) is 3.56. The molecule has 0 amide bonds. The SMILES string of the molecule is Cc1noc(CNc2nc(N3CCN(C)CC3)nc3ccc(Cl)cc23)n1. The van der Waals surface area contributed by atoms with Crippen molar-refractivity contribution in [2.24, 2.45) is 0 Å². The number of anilines is 2. The van der Waals surface area contributed by atoms with Gasteiger partial charge >= 0.3 is 0 Å². The molecule has 1 aliphatic rings. The van der Waals surface area contributed by atoms with Crippen molar-refractivity contribution in [2.45, 2.75) is 13.5 Å². The minimum absolute atomic E-state index is 0.391. The number of nitrogens with zero attached hydrogens (tertiary/aromatic N) is 6. The molecule has 8 nitrogen and oxygen atoms in total. The van der Waals surface area contributed by atoms with Gasteiger partial charge in [0.2, 0.25) is 11.8 Å². The van der Waals surface area contributed by atoms with Gasteiger partial charge in [0.1, 0.15) is 5.82 Å². The largest absolute Gasteiger partial charge is 0.360 e. The number of halogens is 1. The van der Waals surface area contributed by atoms with Crippen LogP contribution in [0.15, 0.2) is 22.7 Å². The minimum atomic E-state index is 0.391. The quantitative estimate of drug-likeness (QED) is 0.746. The number of piperazine rings is 1. The van der Waals surface area contributed by atoms with Crippen molar-refractivity contribution in [3.63, 3.8) is 0 Å². The standard InChI is InChI=1S/C17H20ClN7O/c1-11-20-15(26-23-11)10-19-16-13-9-12(18)3-4-14(13)21-17(22-16)25-7-5-24(2)6-8-25/h3-4,9H,5-8,10H2,1-2H3,(H,19,21,22). The van der Waals surface area contributed by atoms with E-state index in [2.05, 4.69) is 32.3 Å². The van der Waals surface area contributed by atoms with Gasteiger partial charge < -0.3 is 19.6 Å². The Labute approximate surface area is 156 Å². The van der Waals surface area contributed by atoms with E-state index in [1.807, 2.05) is 18.2 Å². The van der Waals surface area contributed by atoms with Crippen LogP contribution in [-0.4, -0.2) is 58.2 Å². The molecule has 9 heteroatoms. The highest BCUT2D eigenvalue weighted by Gasteiger charge is 2.19. The van der Waals surface area contributed by atoms with Gasteiger partial charge in [-0.25, -0.2) is 4.98 Å². The maximum absolute atomic E-state index is 6.18. The minimum Gasteiger partial charge on any atom is -0.360 e. The lowest BCUT2D eigenvalue weighted by Gasteiger charge is -2.32. The summed E-state index contributed by atoms with van der Waals surface area (Å²) in [5.41, 5.74) is 0.850. The highest BCUT2D eigenvalue weighted by atomic mass is 35.5. The summed E-state index contributed by atoms with van der Waals surface area (Å²) in [6.07, 6.45) is 0. The highest BCUT2D eigenvalue weighted by Crippen LogP contribution is 2.27. The van der Waals surface area contributed by atoms with Crippen molar-refractivity contribution in [3.8, 4) is 0 Å². The van der Waals surface area contributed by atoms with Crippen LogP contribution in [0.2, 0.25) is 5.02 Å². The topological polar surface area (TPSA) is 83.2 Å². The molecule has 0 aliphatic carbocycles. The number of hydrogen-bond acceptors (Lipinski definition) is 8. The Morgan fingerprint density at radius 2 is 1.96 bits per heavy atom. The number of benzene rings is 1. The second kappa shape index (κ2) is 7.05. The fourth-order valence-electron chi connectivity index (χ4n) is 2.94. The predicted octanol–water partition coefficient (Wildman–Crippen LogP) is 2.34. The van der Waals surface area contributed by atoms with E-state index in [4.69, 9.17) is 26.1 Å². The molecule has 26 heavy (non-hydrogen) atoms. The third-order valence-electron chi connectivity index (χ3n) is 4.41. The third-order valence-corrected chi connectivity index (χ3v) is 4.64. The van der Waals surface area contributed by atoms with Crippen molar-refractivity contribution in [3.05, 3.63) is 34.9 Å². The number of aryl methyl sites for hydroxylation is 1. The molecule has 1 aliphatic heterocycles. The first kappa shape index (κ1) is 17.0. The Morgan fingerprint density at radius 3 is 2.69 bits per heavy atom. The summed E-state index contributed by atoms with van der Waals surface area (Å²) in [7, 11) is 2.12. The molecular weight excluding hydrogens is 354 g/mol. The monoisotopic (exact) mass is 373 g/mol. The molecule has 0 saturated carbocycles. The summed E-state index contributed by atoms with van der Waals surface area (Å²) < 4.78 is 5.17. The van der Waals surface area contributed by atoms with Crippen LogP contribution in [0.5, 0.6) is 0 Å². The highest BCUT2D eigenvalue weighted by molar-refractivity contribution is 6.31. The van der Waals surface area contributed by atoms with Crippen LogP contribution >= 0.6 is 11.6 Å². The van der Waals surface area contributed by atoms with Crippen molar-refractivity contribution in [1.29, 1.82) is 0 Å². The Morgan fingerprint density at radius 1 is 1.15 bits per heavy atom. The Bertz CT molecular complexity index is 921. The lowest BCUT2D eigenvalue weighted by molar-refractivity contribution is 0.311. The molecule has 1 aromatic carbocycles. The van der Waals surface area contributed by atoms with Crippen molar-refractivity contribution >= 4 is 34.3 Å². The van der Waals surface area contributed by atoms with Gasteiger partial charge in [-0.1, -0.05) is 16.8 Å². The van der Waals surface area contributed by atoms with E-state index in [1.54, 1.807) is 6.92 Å². The molecule has 1 N–H and O–H groups in total. The van der Waals surface area contributed by atoms with E-state index in [-0.39, 0.29) is 0 Å². The Balaban J connectivity index is 1.67. The zero-order chi connectivity index (χ0) is 18.1. The van der Waals surface area contributed by atoms with E-state index in [1.165, 1.54) is 0 Å². The fourth-order valence-corrected chi connectivity index (χ4v) is 3.11. The second-order valence-electron chi connectivity index (χ2n) is 6.41. The lowest BCUT2D eigenvalue weighted by Crippen LogP contribution is -2.45. The molecule has 2 aromatic heterocycles. The van der Waals surface area contributed by atoms with Gasteiger partial charge in [-0.15, -0.1) is 0 Å². The van der Waals surface area contributed by atoms with Crippen LogP contribution in [0.1, 0.15) is 11.7 Å². The molecule has 1 fully saturated rings. The van der Waals surface area contributed by atoms with Gasteiger partial charge in [-0.3, -0.25) is 0 Å². The predicted molar refractivity (Wildman–Crippen MR) is 101 cm³/mol. The Kier molecular flexibility index (Phi) is 4.60. The van der Waals surface area contributed by atoms with Crippen LogP contribution in [0, 0.1) is 6.92 Å². The summed E-state index contributed by atoms with van der Waals surface area (Å²) in [6, 6.07) is 5.63. The van der Waals surface area contributed by atoms with E-state index < -0.39 is 0 Å². The molecule has 3 heterocycles. The maximum Gasteiger partial charge on any atom is 0.245 e. The van der Waals surface area contributed by atoms with Crippen LogP contribution in [0.3, 0.4) is 0 Å². The summed E-state index contributed by atoms with van der Waals surface area (Å²) in [5, 5.41) is 8.61. The fraction of sp³-hybridized carbons (Fsp3) is 0.412. The van der Waals surface area contributed by atoms with Crippen molar-refractivity contribution in [2.75, 3.05) is 43.4 Å². The molecule has 0 spiro atoms. The number of likely N-dealkylation sites (N-methyl/N-ethyl adjacent to an activating group) is 1. The van der Waals surface area contributed by atoms with Crippen LogP contribution < -0.4 is 10.2 Å². The first-order valence-electron chi connectivity index (χ1n) is 8.52. The molecule has 4 rings (SSSR count). The van der Waals surface area contributed by atoms with E-state index in [0.29, 0.717) is 29.1 Å². The maximum atomic E-state index is 6.18. The van der Waals surface area contributed by atoms with Gasteiger partial charge in [0.15, 0.2) is 5.82 Å². The molecular formula is C17H20ClN7O. The molecule has 136 valence electrons. The van der Waals surface area contributed by atoms with Crippen LogP contribution in [-0.2, 0) is 6.54 Å². The first-order chi connectivity index (χ1) is 12.6. The molecule has 0 atom stereocenters. The summed E-state index contributed by atoms with van der Waals surface area (Å²) in [6.45, 7) is 5.97. The second-order valence-corrected chi connectivity index (χ2v) is 6.85. The van der Waals surface area contributed by atoms with Gasteiger partial charge in [-0.2, -0.15) is 9.97 Å². The molecule has 0 radical (unpaired) electrons. The van der Waals surface area contributed by atoms with Crippen LogP contribution in [0.25, 0.3) is 10.9 Å². The molecule has 0 unspecified atom stereocenters. The zero-order valence-electron chi connectivity index (χ0n) is 14.7. The molecule has 0 bridgehead atoms. The number of rotatable bonds is 4. The van der Waals surface area contributed by atoms with Crippen molar-refractivity contribution < 1.29 is 4.52 Å². The number of fused-ring (bicyclic) bond motifs is 1. The summed E-state index contributed by atoms with van der Waals surface area (Å²) in [4.78, 5) is 18.2. The lowest BCUT2D eigenvalue weighted by atomic mass is 10.2. The Hall–Kier alpha value is -2.45. The zero-order valence-corrected chi connectivity index (χ0v) is 15.5. The van der Waals surface area contributed by atoms with Gasteiger partial charge in [0.25, 0.3) is 0 Å². The first-order valence-corrected chi connectivity index (χ1v) is 8.90. The average molecular weight is 374 g/mol. The number of hydrogen-bond donors (Lipinski definition) is 1. The van der Waals surface area contributed by atoms with Gasteiger partial charge in [0.05, 0.1) is 12.1 Å². The normalized spacial score (nSPS) is 15.6. The number of nitrogens with one attached hydrogen (secondary N) is 1. The summed E-state index contributed by atoms with van der Waals surface area (Å²) >= 11 is 6.18. The van der Waals surface area contributed by atoms with Crippen LogP contribution in [0.4, 0.5) is 11.8 Å².